The van der Waals surface area contributed by atoms with Crippen LogP contribution in [0, 0.1) is 11.3 Å². The molecule has 1 heterocycles. The molecule has 0 radical (unpaired) electrons. The van der Waals surface area contributed by atoms with Gasteiger partial charge in [-0.05, 0) is 47.5 Å². The van der Waals surface area contributed by atoms with Crippen molar-refractivity contribution < 1.29 is 0 Å². The number of halogens is 2. The summed E-state index contributed by atoms with van der Waals surface area (Å²) in [5.74, 6) is 0. The molecule has 0 amide bonds. The van der Waals surface area contributed by atoms with Crippen molar-refractivity contribution >= 4 is 50.1 Å². The van der Waals surface area contributed by atoms with Gasteiger partial charge in [-0.25, -0.2) is 0 Å². The first-order valence-corrected chi connectivity index (χ1v) is 10.0. The summed E-state index contributed by atoms with van der Waals surface area (Å²) in [5, 5.41) is 11.6. The van der Waals surface area contributed by atoms with Gasteiger partial charge in [0.1, 0.15) is 0 Å². The Bertz CT molecular complexity index is 1210. The minimum atomic E-state index is 0.637. The smallest absolute Gasteiger partial charge is 0.0998 e. The van der Waals surface area contributed by atoms with Crippen LogP contribution in [-0.4, -0.2) is 4.57 Å². The van der Waals surface area contributed by atoms with E-state index in [1.54, 1.807) is 0 Å². The Hall–Kier alpha value is -2.80. The van der Waals surface area contributed by atoms with Crippen molar-refractivity contribution in [1.29, 1.82) is 5.26 Å². The summed E-state index contributed by atoms with van der Waals surface area (Å²) in [6.07, 6.45) is 4.06. The van der Waals surface area contributed by atoms with E-state index in [2.05, 4.69) is 51.0 Å². The van der Waals surface area contributed by atoms with Crippen LogP contribution in [0.3, 0.4) is 0 Å². The Kier molecular flexibility index (Phi) is 5.34. The maximum atomic E-state index is 9.70. The fourth-order valence-electron chi connectivity index (χ4n) is 3.32. The molecule has 1 aromatic heterocycles. The number of nitriles is 1. The molecule has 4 aromatic rings. The zero-order valence-corrected chi connectivity index (χ0v) is 17.3. The lowest BCUT2D eigenvalue weighted by Crippen LogP contribution is -1.97. The van der Waals surface area contributed by atoms with E-state index in [0.717, 1.165) is 43.6 Å². The normalized spacial score (nSPS) is 11.5. The lowest BCUT2D eigenvalue weighted by molar-refractivity contribution is 0.836. The Labute approximate surface area is 177 Å². The monoisotopic (exact) mass is 446 g/mol. The molecule has 0 bridgehead atoms. The molecule has 4 heteroatoms. The van der Waals surface area contributed by atoms with E-state index in [0.29, 0.717) is 5.57 Å². The third kappa shape index (κ3) is 3.89. The first-order valence-electron chi connectivity index (χ1n) is 8.84. The summed E-state index contributed by atoms with van der Waals surface area (Å²) in [7, 11) is 0. The van der Waals surface area contributed by atoms with E-state index in [1.165, 1.54) is 0 Å². The van der Waals surface area contributed by atoms with E-state index in [1.807, 2.05) is 60.7 Å². The lowest BCUT2D eigenvalue weighted by Gasteiger charge is -2.05. The van der Waals surface area contributed by atoms with E-state index < -0.39 is 0 Å². The van der Waals surface area contributed by atoms with Crippen LogP contribution in [0.5, 0.6) is 0 Å². The fraction of sp³-hybridized carbons (Fsp3) is 0.0417. The fourth-order valence-corrected chi connectivity index (χ4v) is 3.80. The predicted octanol–water partition coefficient (Wildman–Crippen LogP) is 7.17. The molecular formula is C24H16BrClN2. The van der Waals surface area contributed by atoms with E-state index in [-0.39, 0.29) is 0 Å². The van der Waals surface area contributed by atoms with Crippen LogP contribution < -0.4 is 0 Å². The standard InChI is InChI=1S/C24H16BrClN2/c25-21-10-8-18(9-11-21)19(14-27)13-20-16-28(24-7-2-1-6-23(20)24)15-17-4-3-5-22(26)12-17/h1-13,16H,15H2/b19-13+. The maximum Gasteiger partial charge on any atom is 0.0998 e. The number of allylic oxidation sites excluding steroid dienone is 1. The van der Waals surface area contributed by atoms with Crippen LogP contribution in [0.15, 0.2) is 83.5 Å². The summed E-state index contributed by atoms with van der Waals surface area (Å²) < 4.78 is 3.19. The first kappa shape index (κ1) is 18.6. The summed E-state index contributed by atoms with van der Waals surface area (Å²) in [4.78, 5) is 0. The third-order valence-corrected chi connectivity index (χ3v) is 5.40. The van der Waals surface area contributed by atoms with Crippen LogP contribution in [0.4, 0.5) is 0 Å². The highest BCUT2D eigenvalue weighted by atomic mass is 79.9. The Morgan fingerprint density at radius 1 is 1.04 bits per heavy atom. The Balaban J connectivity index is 1.79. The molecule has 0 fully saturated rings. The molecule has 0 N–H and O–H groups in total. The second-order valence-corrected chi connectivity index (χ2v) is 7.89. The highest BCUT2D eigenvalue weighted by Gasteiger charge is 2.09. The molecule has 0 saturated heterocycles. The second kappa shape index (κ2) is 8.06. The van der Waals surface area contributed by atoms with Crippen LogP contribution >= 0.6 is 27.5 Å². The van der Waals surface area contributed by atoms with Gasteiger partial charge in [0.25, 0.3) is 0 Å². The SMILES string of the molecule is N#C/C(=C\c1cn(Cc2cccc(Cl)c2)c2ccccc12)c1ccc(Br)cc1. The molecule has 136 valence electrons. The molecule has 0 unspecified atom stereocenters. The van der Waals surface area contributed by atoms with E-state index >= 15 is 0 Å². The van der Waals surface area contributed by atoms with Gasteiger partial charge in [-0.1, -0.05) is 70.0 Å². The van der Waals surface area contributed by atoms with Crippen LogP contribution in [0.25, 0.3) is 22.6 Å². The minimum absolute atomic E-state index is 0.637. The van der Waals surface area contributed by atoms with Gasteiger partial charge in [-0.3, -0.25) is 0 Å². The van der Waals surface area contributed by atoms with Crippen molar-refractivity contribution in [3.63, 3.8) is 0 Å². The molecule has 0 spiro atoms. The Morgan fingerprint density at radius 3 is 2.57 bits per heavy atom. The maximum absolute atomic E-state index is 9.70. The molecule has 2 nitrogen and oxygen atoms in total. The summed E-state index contributed by atoms with van der Waals surface area (Å²) in [5.41, 5.74) is 4.83. The number of nitrogens with zero attached hydrogens (tertiary/aromatic N) is 2. The van der Waals surface area contributed by atoms with Gasteiger partial charge in [0, 0.05) is 38.7 Å². The van der Waals surface area contributed by atoms with Crippen molar-refractivity contribution in [3.8, 4) is 6.07 Å². The topological polar surface area (TPSA) is 28.7 Å². The largest absolute Gasteiger partial charge is 0.342 e. The average Bonchev–Trinajstić information content (AvgIpc) is 3.04. The van der Waals surface area contributed by atoms with Gasteiger partial charge in [-0.15, -0.1) is 0 Å². The quantitative estimate of drug-likeness (QED) is 0.305. The van der Waals surface area contributed by atoms with Gasteiger partial charge in [-0.2, -0.15) is 5.26 Å². The number of hydrogen-bond acceptors (Lipinski definition) is 1. The second-order valence-electron chi connectivity index (χ2n) is 6.54. The molecule has 0 aliphatic heterocycles. The van der Waals surface area contributed by atoms with Crippen molar-refractivity contribution in [2.45, 2.75) is 6.54 Å². The van der Waals surface area contributed by atoms with Crippen molar-refractivity contribution in [2.24, 2.45) is 0 Å². The minimum Gasteiger partial charge on any atom is -0.342 e. The molecule has 28 heavy (non-hydrogen) atoms. The first-order chi connectivity index (χ1) is 13.6. The zero-order chi connectivity index (χ0) is 19.5. The van der Waals surface area contributed by atoms with Crippen molar-refractivity contribution in [1.82, 2.24) is 4.57 Å². The molecule has 0 aliphatic carbocycles. The number of hydrogen-bond donors (Lipinski definition) is 0. The number of aromatic nitrogens is 1. The van der Waals surface area contributed by atoms with Gasteiger partial charge < -0.3 is 4.57 Å². The Morgan fingerprint density at radius 2 is 1.82 bits per heavy atom. The molecule has 0 saturated carbocycles. The molecule has 3 aromatic carbocycles. The lowest BCUT2D eigenvalue weighted by atomic mass is 10.0. The zero-order valence-electron chi connectivity index (χ0n) is 14.9. The molecule has 0 atom stereocenters. The van der Waals surface area contributed by atoms with Crippen LogP contribution in [-0.2, 0) is 6.54 Å². The van der Waals surface area contributed by atoms with Gasteiger partial charge in [0.2, 0.25) is 0 Å². The number of para-hydroxylation sites is 1. The average molecular weight is 448 g/mol. The summed E-state index contributed by atoms with van der Waals surface area (Å²) >= 11 is 9.58. The molecule has 0 aliphatic rings. The van der Waals surface area contributed by atoms with Crippen molar-refractivity contribution in [2.75, 3.05) is 0 Å². The van der Waals surface area contributed by atoms with E-state index in [9.17, 15) is 5.26 Å². The van der Waals surface area contributed by atoms with Gasteiger partial charge >= 0.3 is 0 Å². The highest BCUT2D eigenvalue weighted by Crippen LogP contribution is 2.27. The number of rotatable bonds is 4. The van der Waals surface area contributed by atoms with Gasteiger partial charge in [0.05, 0.1) is 11.6 Å². The van der Waals surface area contributed by atoms with Crippen LogP contribution in [0.2, 0.25) is 5.02 Å². The predicted molar refractivity (Wildman–Crippen MR) is 120 cm³/mol. The van der Waals surface area contributed by atoms with Crippen LogP contribution in [0.1, 0.15) is 16.7 Å². The van der Waals surface area contributed by atoms with E-state index in [4.69, 9.17) is 11.6 Å². The van der Waals surface area contributed by atoms with Crippen molar-refractivity contribution in [3.05, 3.63) is 105 Å². The molecule has 4 rings (SSSR count). The number of fused-ring (bicyclic) bond motifs is 1. The molecular weight excluding hydrogens is 432 g/mol. The highest BCUT2D eigenvalue weighted by molar-refractivity contribution is 9.10. The third-order valence-electron chi connectivity index (χ3n) is 4.64. The summed E-state index contributed by atoms with van der Waals surface area (Å²) in [6.45, 7) is 0.717. The number of benzene rings is 3. The van der Waals surface area contributed by atoms with Gasteiger partial charge in [0.15, 0.2) is 0 Å². The summed E-state index contributed by atoms with van der Waals surface area (Å²) in [6, 6.07) is 26.3.